The van der Waals surface area contributed by atoms with Crippen molar-refractivity contribution in [3.63, 3.8) is 0 Å². The van der Waals surface area contributed by atoms with Crippen LogP contribution in [0.5, 0.6) is 0 Å². The summed E-state index contributed by atoms with van der Waals surface area (Å²) < 4.78 is 5.17. The molecular formula is C21H14N2O5S. The van der Waals surface area contributed by atoms with Crippen LogP contribution >= 0.6 is 11.8 Å². The Balaban J connectivity index is 1.53. The fourth-order valence-corrected chi connectivity index (χ4v) is 4.03. The summed E-state index contributed by atoms with van der Waals surface area (Å²) >= 11 is 1.57. The minimum absolute atomic E-state index is 0.128. The third-order valence-corrected chi connectivity index (χ3v) is 5.45. The molecule has 0 saturated heterocycles. The number of fused-ring (bicyclic) bond motifs is 2. The second-order valence-corrected chi connectivity index (χ2v) is 7.23. The number of nitro groups is 1. The van der Waals surface area contributed by atoms with Gasteiger partial charge in [0.1, 0.15) is 0 Å². The van der Waals surface area contributed by atoms with E-state index in [9.17, 15) is 19.7 Å². The number of nitrogens with zero attached hydrogens (tertiary/aromatic N) is 2. The van der Waals surface area contributed by atoms with Crippen molar-refractivity contribution in [1.29, 1.82) is 0 Å². The maximum atomic E-state index is 13.0. The third-order valence-electron chi connectivity index (χ3n) is 4.32. The Kier molecular flexibility index (Phi) is 5.01. The van der Waals surface area contributed by atoms with Gasteiger partial charge in [-0.05, 0) is 36.4 Å². The highest BCUT2D eigenvalue weighted by Crippen LogP contribution is 2.47. The molecule has 3 aromatic carbocycles. The highest BCUT2D eigenvalue weighted by Gasteiger charge is 2.28. The van der Waals surface area contributed by atoms with Crippen molar-refractivity contribution in [2.24, 2.45) is 0 Å². The Morgan fingerprint density at radius 2 is 1.45 bits per heavy atom. The average molecular weight is 406 g/mol. The molecule has 29 heavy (non-hydrogen) atoms. The van der Waals surface area contributed by atoms with E-state index in [1.807, 2.05) is 48.5 Å². The highest BCUT2D eigenvalue weighted by atomic mass is 32.2. The number of carbonyl (C=O) groups excluding carboxylic acids is 2. The Labute approximate surface area is 170 Å². The first-order valence-electron chi connectivity index (χ1n) is 8.65. The zero-order valence-corrected chi connectivity index (χ0v) is 15.8. The van der Waals surface area contributed by atoms with Crippen molar-refractivity contribution in [3.05, 3.63) is 88.5 Å². The summed E-state index contributed by atoms with van der Waals surface area (Å²) in [4.78, 5) is 38.8. The Morgan fingerprint density at radius 1 is 0.897 bits per heavy atom. The van der Waals surface area contributed by atoms with Crippen molar-refractivity contribution in [2.45, 2.75) is 9.79 Å². The van der Waals surface area contributed by atoms with Crippen LogP contribution in [0.4, 0.5) is 17.1 Å². The molecule has 144 valence electrons. The lowest BCUT2D eigenvalue weighted by molar-refractivity contribution is -0.384. The number of nitro benzene ring substituents is 1. The number of non-ortho nitro benzene ring substituents is 1. The van der Waals surface area contributed by atoms with Crippen LogP contribution in [0, 0.1) is 10.1 Å². The van der Waals surface area contributed by atoms with E-state index in [0.29, 0.717) is 0 Å². The summed E-state index contributed by atoms with van der Waals surface area (Å²) in [5, 5.41) is 10.7. The van der Waals surface area contributed by atoms with Gasteiger partial charge in [0.25, 0.3) is 11.6 Å². The Hall–Kier alpha value is -3.65. The molecule has 0 saturated carbocycles. The molecule has 0 bridgehead atoms. The second kappa shape index (κ2) is 7.76. The van der Waals surface area contributed by atoms with Gasteiger partial charge in [-0.15, -0.1) is 0 Å². The quantitative estimate of drug-likeness (QED) is 0.358. The maximum absolute atomic E-state index is 13.0. The summed E-state index contributed by atoms with van der Waals surface area (Å²) in [7, 11) is 0. The van der Waals surface area contributed by atoms with Gasteiger partial charge in [-0.3, -0.25) is 19.8 Å². The van der Waals surface area contributed by atoms with Gasteiger partial charge in [0, 0.05) is 21.9 Å². The van der Waals surface area contributed by atoms with Crippen LogP contribution in [-0.4, -0.2) is 23.4 Å². The molecule has 0 fully saturated rings. The molecule has 1 aliphatic heterocycles. The summed E-state index contributed by atoms with van der Waals surface area (Å²) in [6.45, 7) is -0.455. The predicted octanol–water partition coefficient (Wildman–Crippen LogP) is 4.58. The number of anilines is 2. The van der Waals surface area contributed by atoms with Gasteiger partial charge in [-0.2, -0.15) is 0 Å². The van der Waals surface area contributed by atoms with Crippen LogP contribution in [0.3, 0.4) is 0 Å². The van der Waals surface area contributed by atoms with E-state index in [1.165, 1.54) is 24.3 Å². The van der Waals surface area contributed by atoms with E-state index in [-0.39, 0.29) is 17.2 Å². The van der Waals surface area contributed by atoms with Gasteiger partial charge in [-0.25, -0.2) is 4.79 Å². The predicted molar refractivity (Wildman–Crippen MR) is 108 cm³/mol. The van der Waals surface area contributed by atoms with Gasteiger partial charge in [0.15, 0.2) is 6.61 Å². The molecule has 8 heteroatoms. The standard InChI is InChI=1S/C21H14N2O5S/c24-20(13-28-21(25)14-9-11-15(12-10-14)23(26)27)22-16-5-1-3-7-18(16)29-19-8-4-2-6-17(19)22/h1-12H,13H2. The van der Waals surface area contributed by atoms with E-state index in [0.717, 1.165) is 21.2 Å². The zero-order valence-electron chi connectivity index (χ0n) is 15.0. The van der Waals surface area contributed by atoms with E-state index in [4.69, 9.17) is 4.74 Å². The first-order chi connectivity index (χ1) is 14.0. The molecule has 0 N–H and O–H groups in total. The van der Waals surface area contributed by atoms with Crippen molar-refractivity contribution in [1.82, 2.24) is 0 Å². The van der Waals surface area contributed by atoms with Crippen LogP contribution in [0.1, 0.15) is 10.4 Å². The van der Waals surface area contributed by atoms with Gasteiger partial charge in [0.05, 0.1) is 21.9 Å². The number of ether oxygens (including phenoxy) is 1. The van der Waals surface area contributed by atoms with Crippen LogP contribution in [0.25, 0.3) is 0 Å². The topological polar surface area (TPSA) is 89.8 Å². The summed E-state index contributed by atoms with van der Waals surface area (Å²) in [6, 6.07) is 20.1. The molecule has 3 aromatic rings. The molecule has 1 amide bonds. The monoisotopic (exact) mass is 406 g/mol. The molecule has 0 aromatic heterocycles. The average Bonchev–Trinajstić information content (AvgIpc) is 2.75. The molecule has 0 radical (unpaired) electrons. The molecule has 1 aliphatic rings. The van der Waals surface area contributed by atoms with E-state index >= 15 is 0 Å². The summed E-state index contributed by atoms with van der Waals surface area (Å²) in [5.41, 5.74) is 1.47. The summed E-state index contributed by atoms with van der Waals surface area (Å²) in [5.74, 6) is -1.11. The number of hydrogen-bond acceptors (Lipinski definition) is 6. The minimum Gasteiger partial charge on any atom is -0.452 e. The van der Waals surface area contributed by atoms with E-state index < -0.39 is 17.5 Å². The molecule has 0 atom stereocenters. The molecule has 4 rings (SSSR count). The number of carbonyl (C=O) groups is 2. The maximum Gasteiger partial charge on any atom is 0.338 e. The largest absolute Gasteiger partial charge is 0.452 e. The van der Waals surface area contributed by atoms with Crippen LogP contribution in [0.15, 0.2) is 82.6 Å². The lowest BCUT2D eigenvalue weighted by Gasteiger charge is -2.30. The smallest absolute Gasteiger partial charge is 0.338 e. The van der Waals surface area contributed by atoms with Gasteiger partial charge < -0.3 is 4.74 Å². The molecular weight excluding hydrogens is 392 g/mol. The zero-order chi connectivity index (χ0) is 20.4. The Bertz CT molecular complexity index is 1070. The highest BCUT2D eigenvalue weighted by molar-refractivity contribution is 7.99. The molecule has 0 aliphatic carbocycles. The number of para-hydroxylation sites is 2. The van der Waals surface area contributed by atoms with Gasteiger partial charge >= 0.3 is 5.97 Å². The van der Waals surface area contributed by atoms with Crippen LogP contribution in [0.2, 0.25) is 0 Å². The molecule has 1 heterocycles. The minimum atomic E-state index is -0.721. The molecule has 7 nitrogen and oxygen atoms in total. The van der Waals surface area contributed by atoms with Crippen LogP contribution < -0.4 is 4.90 Å². The number of benzene rings is 3. The fourth-order valence-electron chi connectivity index (χ4n) is 2.97. The SMILES string of the molecule is O=C(OCC(=O)N1c2ccccc2Sc2ccccc21)c1ccc([N+](=O)[O-])cc1. The van der Waals surface area contributed by atoms with Gasteiger partial charge in [-0.1, -0.05) is 36.0 Å². The first-order valence-corrected chi connectivity index (χ1v) is 9.46. The normalized spacial score (nSPS) is 11.9. The van der Waals surface area contributed by atoms with E-state index in [2.05, 4.69) is 0 Å². The lowest BCUT2D eigenvalue weighted by atomic mass is 10.2. The number of hydrogen-bond donors (Lipinski definition) is 0. The molecule has 0 spiro atoms. The fraction of sp³-hybridized carbons (Fsp3) is 0.0476. The van der Waals surface area contributed by atoms with Gasteiger partial charge in [0.2, 0.25) is 0 Å². The van der Waals surface area contributed by atoms with Crippen molar-refractivity contribution in [3.8, 4) is 0 Å². The summed E-state index contributed by atoms with van der Waals surface area (Å²) in [6.07, 6.45) is 0. The number of esters is 1. The van der Waals surface area contributed by atoms with Crippen molar-refractivity contribution in [2.75, 3.05) is 11.5 Å². The van der Waals surface area contributed by atoms with Crippen molar-refractivity contribution >= 4 is 40.7 Å². The molecule has 0 unspecified atom stereocenters. The lowest BCUT2D eigenvalue weighted by Crippen LogP contribution is -2.32. The second-order valence-electron chi connectivity index (χ2n) is 6.15. The third kappa shape index (κ3) is 3.70. The first kappa shape index (κ1) is 18.7. The number of amides is 1. The van der Waals surface area contributed by atoms with Crippen LogP contribution in [-0.2, 0) is 9.53 Å². The number of rotatable bonds is 4. The van der Waals surface area contributed by atoms with E-state index in [1.54, 1.807) is 16.7 Å². The Morgan fingerprint density at radius 3 is 2.00 bits per heavy atom. The van der Waals surface area contributed by atoms with Crippen molar-refractivity contribution < 1.29 is 19.2 Å².